The van der Waals surface area contributed by atoms with E-state index >= 15 is 0 Å². The van der Waals surface area contributed by atoms with Gasteiger partial charge in [0.25, 0.3) is 5.56 Å². The van der Waals surface area contributed by atoms with Crippen LogP contribution in [0.1, 0.15) is 32.7 Å². The number of nitrogens with zero attached hydrogens (tertiary/aromatic N) is 3. The molecule has 1 fully saturated rings. The Morgan fingerprint density at radius 2 is 2.08 bits per heavy atom. The Labute approximate surface area is 140 Å². The molecule has 0 amide bonds. The molecular formula is C17H22FN5O. The summed E-state index contributed by atoms with van der Waals surface area (Å²) in [5, 5.41) is 6.57. The molecule has 128 valence electrons. The zero-order chi connectivity index (χ0) is 17.1. The molecule has 1 aliphatic rings. The summed E-state index contributed by atoms with van der Waals surface area (Å²) in [4.78, 5) is 20.3. The number of hydrogen-bond acceptors (Lipinski definition) is 5. The van der Waals surface area contributed by atoms with Crippen molar-refractivity contribution >= 4 is 5.95 Å². The quantitative estimate of drug-likeness (QED) is 0.898. The smallest absolute Gasteiger partial charge is 0.250 e. The number of aromatic nitrogens is 3. The lowest BCUT2D eigenvalue weighted by molar-refractivity contribution is 0.477. The van der Waals surface area contributed by atoms with Crippen LogP contribution in [0.5, 0.6) is 0 Å². The second-order valence-electron chi connectivity index (χ2n) is 6.32. The van der Waals surface area contributed by atoms with Gasteiger partial charge < -0.3 is 15.2 Å². The van der Waals surface area contributed by atoms with E-state index in [0.29, 0.717) is 11.5 Å². The minimum Gasteiger partial charge on any atom is -0.351 e. The van der Waals surface area contributed by atoms with E-state index in [1.165, 1.54) is 12.3 Å². The van der Waals surface area contributed by atoms with Gasteiger partial charge in [-0.2, -0.15) is 0 Å². The fourth-order valence-corrected chi connectivity index (χ4v) is 2.84. The Morgan fingerprint density at radius 3 is 2.79 bits per heavy atom. The van der Waals surface area contributed by atoms with Crippen molar-refractivity contribution < 1.29 is 4.39 Å². The Kier molecular flexibility index (Phi) is 4.89. The summed E-state index contributed by atoms with van der Waals surface area (Å²) in [5.74, 6) is -0.0830. The number of hydrogen-bond donors (Lipinski definition) is 2. The zero-order valence-electron chi connectivity index (χ0n) is 13.9. The number of nitrogens with one attached hydrogen (secondary N) is 2. The molecule has 0 aliphatic carbocycles. The molecule has 0 aromatic carbocycles. The van der Waals surface area contributed by atoms with Crippen molar-refractivity contribution in [2.24, 2.45) is 0 Å². The van der Waals surface area contributed by atoms with Gasteiger partial charge in [0, 0.05) is 29.9 Å². The van der Waals surface area contributed by atoms with Crippen LogP contribution >= 0.6 is 0 Å². The molecule has 0 spiro atoms. The summed E-state index contributed by atoms with van der Waals surface area (Å²) in [6.07, 6.45) is 4.78. The van der Waals surface area contributed by atoms with Gasteiger partial charge in [-0.3, -0.25) is 4.79 Å². The van der Waals surface area contributed by atoms with Gasteiger partial charge in [0.1, 0.15) is 5.69 Å². The summed E-state index contributed by atoms with van der Waals surface area (Å²) in [5.41, 5.74) is 0.656. The molecule has 6 nitrogen and oxygen atoms in total. The topological polar surface area (TPSA) is 71.8 Å². The van der Waals surface area contributed by atoms with Crippen molar-refractivity contribution in [3.05, 3.63) is 40.7 Å². The maximum Gasteiger partial charge on any atom is 0.250 e. The van der Waals surface area contributed by atoms with Crippen molar-refractivity contribution in [1.82, 2.24) is 19.9 Å². The van der Waals surface area contributed by atoms with Crippen LogP contribution in [0.3, 0.4) is 0 Å². The molecule has 24 heavy (non-hydrogen) atoms. The molecule has 0 bridgehead atoms. The van der Waals surface area contributed by atoms with Crippen LogP contribution in [0.2, 0.25) is 0 Å². The summed E-state index contributed by atoms with van der Waals surface area (Å²) >= 11 is 0. The highest BCUT2D eigenvalue weighted by molar-refractivity contribution is 5.59. The third-order valence-corrected chi connectivity index (χ3v) is 4.18. The molecule has 1 aliphatic heterocycles. The molecule has 7 heteroatoms. The van der Waals surface area contributed by atoms with Crippen LogP contribution in [0.4, 0.5) is 10.3 Å². The summed E-state index contributed by atoms with van der Waals surface area (Å²) in [7, 11) is 0. The number of piperidine rings is 1. The van der Waals surface area contributed by atoms with E-state index in [1.54, 1.807) is 16.8 Å². The predicted molar refractivity (Wildman–Crippen MR) is 91.6 cm³/mol. The van der Waals surface area contributed by atoms with Crippen LogP contribution in [-0.4, -0.2) is 33.7 Å². The Morgan fingerprint density at radius 1 is 1.33 bits per heavy atom. The van der Waals surface area contributed by atoms with Crippen LogP contribution in [-0.2, 0) is 0 Å². The van der Waals surface area contributed by atoms with Gasteiger partial charge in [-0.15, -0.1) is 0 Å². The first-order valence-corrected chi connectivity index (χ1v) is 8.27. The van der Waals surface area contributed by atoms with Gasteiger partial charge in [0.05, 0.1) is 6.20 Å². The van der Waals surface area contributed by atoms with Crippen LogP contribution < -0.4 is 16.2 Å². The third kappa shape index (κ3) is 3.62. The molecule has 2 aromatic heterocycles. The van der Waals surface area contributed by atoms with Crippen molar-refractivity contribution in [3.63, 3.8) is 0 Å². The molecular weight excluding hydrogens is 309 g/mol. The number of rotatable bonds is 4. The van der Waals surface area contributed by atoms with Gasteiger partial charge in [-0.25, -0.2) is 14.4 Å². The van der Waals surface area contributed by atoms with E-state index < -0.39 is 5.82 Å². The fourth-order valence-electron chi connectivity index (χ4n) is 2.84. The summed E-state index contributed by atoms with van der Waals surface area (Å²) in [6.45, 7) is 5.72. The van der Waals surface area contributed by atoms with Crippen molar-refractivity contribution in [1.29, 1.82) is 0 Å². The standard InChI is InChI=1S/C17H22FN5O/c1-11(2)23-10-12(3-4-15(23)24)16-14(18)9-20-17(22-16)21-13-5-7-19-8-6-13/h3-4,9-11,13,19H,5-8H2,1-2H3,(H,20,21,22). The van der Waals surface area contributed by atoms with E-state index in [4.69, 9.17) is 0 Å². The van der Waals surface area contributed by atoms with E-state index in [-0.39, 0.29) is 23.3 Å². The van der Waals surface area contributed by atoms with Crippen LogP contribution in [0.15, 0.2) is 29.3 Å². The molecule has 2 aromatic rings. The fraction of sp³-hybridized carbons (Fsp3) is 0.471. The van der Waals surface area contributed by atoms with Crippen LogP contribution in [0.25, 0.3) is 11.3 Å². The first kappa shape index (κ1) is 16.6. The first-order chi connectivity index (χ1) is 11.5. The average molecular weight is 331 g/mol. The Bertz CT molecular complexity index is 768. The number of anilines is 1. The Balaban J connectivity index is 1.91. The normalized spacial score (nSPS) is 15.7. The van der Waals surface area contributed by atoms with E-state index in [2.05, 4.69) is 20.6 Å². The lowest BCUT2D eigenvalue weighted by atomic mass is 10.1. The highest BCUT2D eigenvalue weighted by atomic mass is 19.1. The molecule has 1 saturated heterocycles. The van der Waals surface area contributed by atoms with Crippen molar-refractivity contribution in [3.8, 4) is 11.3 Å². The summed E-state index contributed by atoms with van der Waals surface area (Å²) in [6, 6.07) is 3.32. The molecule has 2 N–H and O–H groups in total. The van der Waals surface area contributed by atoms with Crippen LogP contribution in [0, 0.1) is 5.82 Å². The largest absolute Gasteiger partial charge is 0.351 e. The molecule has 0 unspecified atom stereocenters. The first-order valence-electron chi connectivity index (χ1n) is 8.27. The van der Waals surface area contributed by atoms with E-state index in [0.717, 1.165) is 25.9 Å². The number of halogens is 1. The minimum atomic E-state index is -0.500. The molecule has 0 atom stereocenters. The second kappa shape index (κ2) is 7.09. The van der Waals surface area contributed by atoms with E-state index in [1.807, 2.05) is 13.8 Å². The summed E-state index contributed by atoms with van der Waals surface area (Å²) < 4.78 is 15.8. The minimum absolute atomic E-state index is 0.00492. The SMILES string of the molecule is CC(C)n1cc(-c2nc(NC3CCNCC3)ncc2F)ccc1=O. The van der Waals surface area contributed by atoms with Gasteiger partial charge in [0.2, 0.25) is 5.95 Å². The van der Waals surface area contributed by atoms with Gasteiger partial charge in [0.15, 0.2) is 5.82 Å². The molecule has 0 saturated carbocycles. The highest BCUT2D eigenvalue weighted by Crippen LogP contribution is 2.21. The zero-order valence-corrected chi connectivity index (χ0v) is 13.9. The average Bonchev–Trinajstić information content (AvgIpc) is 2.58. The maximum atomic E-state index is 14.2. The van der Waals surface area contributed by atoms with Gasteiger partial charge >= 0.3 is 0 Å². The van der Waals surface area contributed by atoms with Crippen molar-refractivity contribution in [2.45, 2.75) is 38.8 Å². The van der Waals surface area contributed by atoms with Gasteiger partial charge in [-0.1, -0.05) is 0 Å². The lowest BCUT2D eigenvalue weighted by Crippen LogP contribution is -2.35. The highest BCUT2D eigenvalue weighted by Gasteiger charge is 2.16. The molecule has 3 heterocycles. The predicted octanol–water partition coefficient (Wildman–Crippen LogP) is 2.19. The van der Waals surface area contributed by atoms with Gasteiger partial charge in [-0.05, 0) is 45.8 Å². The lowest BCUT2D eigenvalue weighted by Gasteiger charge is -2.23. The third-order valence-electron chi connectivity index (χ3n) is 4.18. The second-order valence-corrected chi connectivity index (χ2v) is 6.32. The van der Waals surface area contributed by atoms with E-state index in [9.17, 15) is 9.18 Å². The molecule has 0 radical (unpaired) electrons. The van der Waals surface area contributed by atoms with Crippen molar-refractivity contribution in [2.75, 3.05) is 18.4 Å². The Hall–Kier alpha value is -2.28. The maximum absolute atomic E-state index is 14.2. The number of pyridine rings is 1. The molecule has 3 rings (SSSR count). The monoisotopic (exact) mass is 331 g/mol.